The van der Waals surface area contributed by atoms with E-state index in [1.165, 1.54) is 6.07 Å². The standard InChI is InChI=1S/C14H16N2O3S2/c1-11-5-2-3-6-12(11)9-15-13(17)10-16-21(18,19)14-7-4-8-20-14/h2-8,16H,9-10H2,1H3,(H,15,17). The average Bonchev–Trinajstić information content (AvgIpc) is 2.99. The topological polar surface area (TPSA) is 75.3 Å². The molecule has 0 aliphatic carbocycles. The van der Waals surface area contributed by atoms with E-state index >= 15 is 0 Å². The maximum Gasteiger partial charge on any atom is 0.250 e. The molecule has 0 atom stereocenters. The van der Waals surface area contributed by atoms with Crippen LogP contribution in [0.2, 0.25) is 0 Å². The minimum Gasteiger partial charge on any atom is -0.351 e. The first-order chi connectivity index (χ1) is 9.99. The number of carbonyl (C=O) groups excluding carboxylic acids is 1. The largest absolute Gasteiger partial charge is 0.351 e. The summed E-state index contributed by atoms with van der Waals surface area (Å²) in [5, 5.41) is 4.37. The van der Waals surface area contributed by atoms with E-state index in [0.717, 1.165) is 22.5 Å². The van der Waals surface area contributed by atoms with Crippen molar-refractivity contribution in [3.05, 3.63) is 52.9 Å². The number of sulfonamides is 1. The fraction of sp³-hybridized carbons (Fsp3) is 0.214. The third-order valence-electron chi connectivity index (χ3n) is 2.92. The zero-order valence-electron chi connectivity index (χ0n) is 11.5. The zero-order valence-corrected chi connectivity index (χ0v) is 13.1. The molecular formula is C14H16N2O3S2. The van der Waals surface area contributed by atoms with Crippen LogP contribution in [-0.4, -0.2) is 20.9 Å². The van der Waals surface area contributed by atoms with Crippen LogP contribution in [0.1, 0.15) is 11.1 Å². The number of amides is 1. The van der Waals surface area contributed by atoms with Crippen LogP contribution in [0.25, 0.3) is 0 Å². The van der Waals surface area contributed by atoms with Gasteiger partial charge in [-0.25, -0.2) is 13.1 Å². The van der Waals surface area contributed by atoms with Gasteiger partial charge < -0.3 is 5.32 Å². The van der Waals surface area contributed by atoms with Crippen LogP contribution < -0.4 is 10.0 Å². The number of hydrogen-bond donors (Lipinski definition) is 2. The number of carbonyl (C=O) groups is 1. The van der Waals surface area contributed by atoms with Crippen molar-refractivity contribution >= 4 is 27.3 Å². The molecule has 5 nitrogen and oxygen atoms in total. The van der Waals surface area contributed by atoms with Crippen LogP contribution in [0.15, 0.2) is 46.0 Å². The van der Waals surface area contributed by atoms with Crippen LogP contribution in [0, 0.1) is 6.92 Å². The highest BCUT2D eigenvalue weighted by Gasteiger charge is 2.16. The molecule has 0 saturated heterocycles. The first-order valence-electron chi connectivity index (χ1n) is 6.33. The summed E-state index contributed by atoms with van der Waals surface area (Å²) in [7, 11) is -3.60. The normalized spacial score (nSPS) is 11.3. The Bertz CT molecular complexity index is 710. The lowest BCUT2D eigenvalue weighted by Crippen LogP contribution is -2.36. The van der Waals surface area contributed by atoms with Gasteiger partial charge in [-0.3, -0.25) is 4.79 Å². The fourth-order valence-electron chi connectivity index (χ4n) is 1.71. The number of benzene rings is 1. The van der Waals surface area contributed by atoms with Crippen molar-refractivity contribution in [1.82, 2.24) is 10.0 Å². The Morgan fingerprint density at radius 2 is 1.95 bits per heavy atom. The number of thiophene rings is 1. The monoisotopic (exact) mass is 324 g/mol. The molecule has 1 amide bonds. The Morgan fingerprint density at radius 1 is 1.19 bits per heavy atom. The second-order valence-electron chi connectivity index (χ2n) is 4.46. The van der Waals surface area contributed by atoms with E-state index in [9.17, 15) is 13.2 Å². The lowest BCUT2D eigenvalue weighted by molar-refractivity contribution is -0.120. The van der Waals surface area contributed by atoms with Crippen molar-refractivity contribution < 1.29 is 13.2 Å². The molecule has 7 heteroatoms. The number of nitrogens with one attached hydrogen (secondary N) is 2. The van der Waals surface area contributed by atoms with Crippen molar-refractivity contribution in [2.24, 2.45) is 0 Å². The first kappa shape index (κ1) is 15.7. The molecule has 0 unspecified atom stereocenters. The van der Waals surface area contributed by atoms with E-state index < -0.39 is 10.0 Å². The van der Waals surface area contributed by atoms with Gasteiger partial charge in [0.15, 0.2) is 0 Å². The molecule has 0 radical (unpaired) electrons. The molecule has 2 N–H and O–H groups in total. The Kier molecular flexibility index (Phi) is 5.11. The summed E-state index contributed by atoms with van der Waals surface area (Å²) in [4.78, 5) is 11.7. The van der Waals surface area contributed by atoms with Gasteiger partial charge >= 0.3 is 0 Å². The molecule has 2 aromatic rings. The lowest BCUT2D eigenvalue weighted by Gasteiger charge is -2.08. The highest BCUT2D eigenvalue weighted by molar-refractivity contribution is 7.91. The minimum absolute atomic E-state index is 0.203. The van der Waals surface area contributed by atoms with Crippen molar-refractivity contribution in [1.29, 1.82) is 0 Å². The van der Waals surface area contributed by atoms with E-state index in [0.29, 0.717) is 6.54 Å². The van der Waals surface area contributed by atoms with Crippen LogP contribution in [0.3, 0.4) is 0 Å². The second-order valence-corrected chi connectivity index (χ2v) is 7.40. The smallest absolute Gasteiger partial charge is 0.250 e. The van der Waals surface area contributed by atoms with Crippen molar-refractivity contribution in [2.75, 3.05) is 6.54 Å². The van der Waals surface area contributed by atoms with E-state index in [1.807, 2.05) is 31.2 Å². The van der Waals surface area contributed by atoms with Crippen molar-refractivity contribution in [3.63, 3.8) is 0 Å². The second kappa shape index (κ2) is 6.84. The zero-order chi connectivity index (χ0) is 15.3. The Labute approximate surface area is 128 Å². The molecule has 0 bridgehead atoms. The van der Waals surface area contributed by atoms with Crippen LogP contribution >= 0.6 is 11.3 Å². The molecule has 0 fully saturated rings. The van der Waals surface area contributed by atoms with Crippen molar-refractivity contribution in [3.8, 4) is 0 Å². The molecular weight excluding hydrogens is 308 g/mol. The molecule has 2 rings (SSSR count). The third kappa shape index (κ3) is 4.38. The average molecular weight is 324 g/mol. The van der Waals surface area contributed by atoms with E-state index in [2.05, 4.69) is 10.0 Å². The quantitative estimate of drug-likeness (QED) is 0.848. The molecule has 1 heterocycles. The van der Waals surface area contributed by atoms with Gasteiger partial charge in [-0.2, -0.15) is 0 Å². The lowest BCUT2D eigenvalue weighted by atomic mass is 10.1. The molecule has 21 heavy (non-hydrogen) atoms. The third-order valence-corrected chi connectivity index (χ3v) is 5.72. The Balaban J connectivity index is 1.85. The number of aryl methyl sites for hydroxylation is 1. The highest BCUT2D eigenvalue weighted by Crippen LogP contribution is 2.14. The predicted octanol–water partition coefficient (Wildman–Crippen LogP) is 1.65. The Morgan fingerprint density at radius 3 is 2.62 bits per heavy atom. The van der Waals surface area contributed by atoms with Gasteiger partial charge in [0.2, 0.25) is 5.91 Å². The maximum absolute atomic E-state index is 11.8. The molecule has 0 spiro atoms. The maximum atomic E-state index is 11.8. The molecule has 112 valence electrons. The van der Waals surface area contributed by atoms with Crippen LogP contribution in [0.5, 0.6) is 0 Å². The first-order valence-corrected chi connectivity index (χ1v) is 8.70. The van der Waals surface area contributed by atoms with Gasteiger partial charge in [0.25, 0.3) is 10.0 Å². The van der Waals surface area contributed by atoms with Gasteiger partial charge in [-0.1, -0.05) is 30.3 Å². The fourth-order valence-corrected chi connectivity index (χ4v) is 3.73. The molecule has 1 aromatic carbocycles. The molecule has 0 aliphatic rings. The van der Waals surface area contributed by atoms with Gasteiger partial charge in [-0.15, -0.1) is 11.3 Å². The predicted molar refractivity (Wildman–Crippen MR) is 82.5 cm³/mol. The Hall–Kier alpha value is -1.70. The van der Waals surface area contributed by atoms with E-state index in [-0.39, 0.29) is 16.7 Å². The van der Waals surface area contributed by atoms with Crippen LogP contribution in [-0.2, 0) is 21.4 Å². The summed E-state index contributed by atoms with van der Waals surface area (Å²) in [5.41, 5.74) is 2.09. The van der Waals surface area contributed by atoms with Crippen LogP contribution in [0.4, 0.5) is 0 Å². The van der Waals surface area contributed by atoms with Gasteiger partial charge in [0.05, 0.1) is 6.54 Å². The summed E-state index contributed by atoms with van der Waals surface area (Å²) in [5.74, 6) is -0.363. The molecule has 0 saturated carbocycles. The highest BCUT2D eigenvalue weighted by atomic mass is 32.2. The van der Waals surface area contributed by atoms with E-state index in [1.54, 1.807) is 11.4 Å². The molecule has 0 aliphatic heterocycles. The van der Waals surface area contributed by atoms with Gasteiger partial charge in [0.1, 0.15) is 4.21 Å². The molecule has 1 aromatic heterocycles. The number of hydrogen-bond acceptors (Lipinski definition) is 4. The van der Waals surface area contributed by atoms with E-state index in [4.69, 9.17) is 0 Å². The van der Waals surface area contributed by atoms with Crippen molar-refractivity contribution in [2.45, 2.75) is 17.7 Å². The summed E-state index contributed by atoms with van der Waals surface area (Å²) in [6.07, 6.45) is 0. The SMILES string of the molecule is Cc1ccccc1CNC(=O)CNS(=O)(=O)c1cccs1. The van der Waals surface area contributed by atoms with Gasteiger partial charge in [-0.05, 0) is 29.5 Å². The summed E-state index contributed by atoms with van der Waals surface area (Å²) in [6.45, 7) is 2.07. The number of rotatable bonds is 6. The minimum atomic E-state index is -3.60. The summed E-state index contributed by atoms with van der Waals surface area (Å²) in [6, 6.07) is 10.9. The summed E-state index contributed by atoms with van der Waals surface area (Å²) >= 11 is 1.11. The van der Waals surface area contributed by atoms with Gasteiger partial charge in [0, 0.05) is 6.54 Å². The summed E-state index contributed by atoms with van der Waals surface area (Å²) < 4.78 is 26.2.